The lowest BCUT2D eigenvalue weighted by atomic mass is 10.1. The topological polar surface area (TPSA) is 68.4 Å². The van der Waals surface area contributed by atoms with Gasteiger partial charge in [0.25, 0.3) is 6.43 Å². The van der Waals surface area contributed by atoms with Gasteiger partial charge in [0.1, 0.15) is 11.4 Å². The minimum absolute atomic E-state index is 0.269. The SMILES string of the molecule is NCc1nc(C(F)F)cc(OC(F)(F)F)c1CO. The van der Waals surface area contributed by atoms with E-state index in [9.17, 15) is 22.0 Å². The van der Waals surface area contributed by atoms with Crippen molar-refractivity contribution in [3.8, 4) is 5.75 Å². The van der Waals surface area contributed by atoms with Gasteiger partial charge >= 0.3 is 6.36 Å². The van der Waals surface area contributed by atoms with Crippen molar-refractivity contribution in [1.29, 1.82) is 0 Å². The molecule has 1 aromatic rings. The molecule has 9 heteroatoms. The average Bonchev–Trinajstić information content (AvgIpc) is 2.25. The van der Waals surface area contributed by atoms with E-state index in [1.807, 2.05) is 0 Å². The Morgan fingerprint density at radius 3 is 2.39 bits per heavy atom. The van der Waals surface area contributed by atoms with Crippen molar-refractivity contribution in [1.82, 2.24) is 4.98 Å². The maximum absolute atomic E-state index is 12.4. The van der Waals surface area contributed by atoms with E-state index in [0.717, 1.165) is 0 Å². The van der Waals surface area contributed by atoms with Gasteiger partial charge in [-0.25, -0.2) is 13.8 Å². The Balaban J connectivity index is 3.31. The summed E-state index contributed by atoms with van der Waals surface area (Å²) < 4.78 is 64.7. The van der Waals surface area contributed by atoms with E-state index in [1.54, 1.807) is 0 Å². The Labute approximate surface area is 98.2 Å². The molecule has 0 fully saturated rings. The molecule has 0 aromatic carbocycles. The third kappa shape index (κ3) is 3.50. The fraction of sp³-hybridized carbons (Fsp3) is 0.444. The molecule has 0 saturated carbocycles. The molecular formula is C9H9F5N2O2. The Kier molecular flexibility index (Phi) is 4.41. The van der Waals surface area contributed by atoms with Crippen molar-refractivity contribution in [2.75, 3.05) is 0 Å². The van der Waals surface area contributed by atoms with Crippen LogP contribution in [0.5, 0.6) is 5.75 Å². The van der Waals surface area contributed by atoms with Crippen molar-refractivity contribution in [2.45, 2.75) is 25.9 Å². The molecule has 0 spiro atoms. The minimum Gasteiger partial charge on any atom is -0.405 e. The van der Waals surface area contributed by atoms with Gasteiger partial charge < -0.3 is 15.6 Å². The van der Waals surface area contributed by atoms with Crippen molar-refractivity contribution < 1.29 is 31.8 Å². The largest absolute Gasteiger partial charge is 0.573 e. The Bertz CT molecular complexity index is 422. The molecule has 0 amide bonds. The normalized spacial score (nSPS) is 12.0. The second kappa shape index (κ2) is 5.44. The Morgan fingerprint density at radius 1 is 1.39 bits per heavy atom. The van der Waals surface area contributed by atoms with E-state index in [1.165, 1.54) is 0 Å². The first kappa shape index (κ1) is 14.6. The summed E-state index contributed by atoms with van der Waals surface area (Å²) in [5.74, 6) is -0.921. The first-order valence-electron chi connectivity index (χ1n) is 4.66. The van der Waals surface area contributed by atoms with Gasteiger partial charge in [0.15, 0.2) is 0 Å². The van der Waals surface area contributed by atoms with Gasteiger partial charge in [0.05, 0.1) is 12.3 Å². The molecule has 0 aliphatic rings. The van der Waals surface area contributed by atoms with Gasteiger partial charge in [-0.2, -0.15) is 0 Å². The van der Waals surface area contributed by atoms with Gasteiger partial charge in [-0.1, -0.05) is 0 Å². The first-order chi connectivity index (χ1) is 8.28. The van der Waals surface area contributed by atoms with Crippen LogP contribution in [0.15, 0.2) is 6.07 Å². The number of aromatic nitrogens is 1. The maximum atomic E-state index is 12.4. The zero-order valence-corrected chi connectivity index (χ0v) is 8.84. The van der Waals surface area contributed by atoms with Crippen molar-refractivity contribution in [2.24, 2.45) is 5.73 Å². The lowest BCUT2D eigenvalue weighted by Crippen LogP contribution is -2.20. The molecule has 0 bridgehead atoms. The number of aliphatic hydroxyl groups is 1. The summed E-state index contributed by atoms with van der Waals surface area (Å²) >= 11 is 0. The molecule has 0 aliphatic carbocycles. The minimum atomic E-state index is -5.06. The standard InChI is InChI=1S/C9H9F5N2O2/c10-8(11)5-1-7(18-9(12,13)14)4(3-17)6(2-15)16-5/h1,8,17H,2-3,15H2. The van der Waals surface area contributed by atoms with Crippen LogP contribution in [0.25, 0.3) is 0 Å². The van der Waals surface area contributed by atoms with Crippen LogP contribution in [0.3, 0.4) is 0 Å². The van der Waals surface area contributed by atoms with Crippen molar-refractivity contribution in [3.05, 3.63) is 23.0 Å². The molecule has 0 aliphatic heterocycles. The van der Waals surface area contributed by atoms with E-state index in [2.05, 4.69) is 9.72 Å². The molecule has 4 nitrogen and oxygen atoms in total. The third-order valence-electron chi connectivity index (χ3n) is 1.99. The summed E-state index contributed by atoms with van der Waals surface area (Å²) in [5, 5.41) is 8.93. The highest BCUT2D eigenvalue weighted by Gasteiger charge is 2.33. The summed E-state index contributed by atoms with van der Waals surface area (Å²) in [5.41, 5.74) is 3.65. The molecule has 102 valence electrons. The van der Waals surface area contributed by atoms with Crippen molar-refractivity contribution >= 4 is 0 Å². The zero-order chi connectivity index (χ0) is 13.9. The molecular weight excluding hydrogens is 263 g/mol. The van der Waals surface area contributed by atoms with Gasteiger partial charge in [-0.3, -0.25) is 0 Å². The van der Waals surface area contributed by atoms with Crippen LogP contribution >= 0.6 is 0 Å². The predicted molar refractivity (Wildman–Crippen MR) is 49.7 cm³/mol. The number of aliphatic hydroxyl groups excluding tert-OH is 1. The molecule has 3 N–H and O–H groups in total. The van der Waals surface area contributed by atoms with Gasteiger partial charge in [0, 0.05) is 18.2 Å². The van der Waals surface area contributed by atoms with E-state index in [0.29, 0.717) is 6.07 Å². The number of nitrogens with zero attached hydrogens (tertiary/aromatic N) is 1. The molecule has 0 unspecified atom stereocenters. The van der Waals surface area contributed by atoms with Crippen LogP contribution in [-0.4, -0.2) is 16.5 Å². The van der Waals surface area contributed by atoms with Crippen LogP contribution in [0.4, 0.5) is 22.0 Å². The average molecular weight is 272 g/mol. The van der Waals surface area contributed by atoms with Gasteiger partial charge in [0.2, 0.25) is 0 Å². The fourth-order valence-corrected chi connectivity index (χ4v) is 1.28. The van der Waals surface area contributed by atoms with Crippen LogP contribution in [-0.2, 0) is 13.2 Å². The number of ether oxygens (including phenoxy) is 1. The number of pyridine rings is 1. The highest BCUT2D eigenvalue weighted by molar-refractivity contribution is 5.38. The van der Waals surface area contributed by atoms with E-state index in [-0.39, 0.29) is 11.3 Å². The number of hydrogen-bond acceptors (Lipinski definition) is 4. The first-order valence-corrected chi connectivity index (χ1v) is 4.66. The molecule has 1 heterocycles. The fourth-order valence-electron chi connectivity index (χ4n) is 1.28. The van der Waals surface area contributed by atoms with E-state index < -0.39 is 37.4 Å². The summed E-state index contributed by atoms with van der Waals surface area (Å²) in [6.07, 6.45) is -8.13. The Morgan fingerprint density at radius 2 is 2.00 bits per heavy atom. The maximum Gasteiger partial charge on any atom is 0.573 e. The highest BCUT2D eigenvalue weighted by atomic mass is 19.4. The van der Waals surface area contributed by atoms with E-state index in [4.69, 9.17) is 10.8 Å². The Hall–Kier alpha value is -1.48. The van der Waals surface area contributed by atoms with Crippen LogP contribution < -0.4 is 10.5 Å². The van der Waals surface area contributed by atoms with Crippen LogP contribution in [0.1, 0.15) is 23.4 Å². The number of hydrogen-bond donors (Lipinski definition) is 2. The molecule has 0 atom stereocenters. The zero-order valence-electron chi connectivity index (χ0n) is 8.84. The smallest absolute Gasteiger partial charge is 0.405 e. The van der Waals surface area contributed by atoms with Gasteiger partial charge in [-0.15, -0.1) is 13.2 Å². The lowest BCUT2D eigenvalue weighted by molar-refractivity contribution is -0.275. The monoisotopic (exact) mass is 272 g/mol. The highest BCUT2D eigenvalue weighted by Crippen LogP contribution is 2.31. The summed E-state index contributed by atoms with van der Waals surface area (Å²) in [7, 11) is 0. The quantitative estimate of drug-likeness (QED) is 0.821. The number of halogens is 5. The lowest BCUT2D eigenvalue weighted by Gasteiger charge is -2.15. The second-order valence-corrected chi connectivity index (χ2v) is 3.18. The van der Waals surface area contributed by atoms with Crippen molar-refractivity contribution in [3.63, 3.8) is 0 Å². The number of rotatable bonds is 4. The molecule has 0 radical (unpaired) electrons. The van der Waals surface area contributed by atoms with Gasteiger partial charge in [-0.05, 0) is 0 Å². The number of nitrogens with two attached hydrogens (primary N) is 1. The van der Waals surface area contributed by atoms with Crippen LogP contribution in [0.2, 0.25) is 0 Å². The number of alkyl halides is 5. The van der Waals surface area contributed by atoms with E-state index >= 15 is 0 Å². The predicted octanol–water partition coefficient (Wildman–Crippen LogP) is 1.87. The summed E-state index contributed by atoms with van der Waals surface area (Å²) in [4.78, 5) is 3.37. The molecule has 1 rings (SSSR count). The third-order valence-corrected chi connectivity index (χ3v) is 1.99. The summed E-state index contributed by atoms with van der Waals surface area (Å²) in [6.45, 7) is -1.25. The van der Waals surface area contributed by atoms with Crippen LogP contribution in [0, 0.1) is 0 Å². The molecule has 18 heavy (non-hydrogen) atoms. The molecule has 0 saturated heterocycles. The second-order valence-electron chi connectivity index (χ2n) is 3.18. The molecule has 1 aromatic heterocycles. The summed E-state index contributed by atoms with van der Waals surface area (Å²) in [6, 6.07) is 0.433.